The second-order valence-electron chi connectivity index (χ2n) is 7.14. The Morgan fingerprint density at radius 1 is 1.38 bits per heavy atom. The number of aryl methyl sites for hydroxylation is 1. The molecule has 0 radical (unpaired) electrons. The number of hydrogen-bond donors (Lipinski definition) is 0. The lowest BCUT2D eigenvalue weighted by Gasteiger charge is -2.34. The Labute approximate surface area is 159 Å². The molecule has 26 heavy (non-hydrogen) atoms. The van der Waals surface area contributed by atoms with Gasteiger partial charge in [-0.05, 0) is 56.3 Å². The third kappa shape index (κ3) is 4.86. The normalized spacial score (nSPS) is 18.0. The molecule has 140 valence electrons. The zero-order chi connectivity index (χ0) is 18.5. The molecule has 5 nitrogen and oxygen atoms in total. The number of oxazole rings is 1. The van der Waals surface area contributed by atoms with E-state index in [9.17, 15) is 4.79 Å². The Balaban J connectivity index is 1.49. The maximum Gasteiger partial charge on any atom is 0.291 e. The van der Waals surface area contributed by atoms with Crippen molar-refractivity contribution in [2.24, 2.45) is 5.92 Å². The fourth-order valence-electron chi connectivity index (χ4n) is 3.59. The first-order chi connectivity index (χ1) is 12.5. The van der Waals surface area contributed by atoms with Gasteiger partial charge in [0.25, 0.3) is 5.91 Å². The maximum atomic E-state index is 12.5. The average molecular weight is 376 g/mol. The summed E-state index contributed by atoms with van der Waals surface area (Å²) >= 11 is 5.95. The molecule has 1 aliphatic heterocycles. The molecule has 1 saturated heterocycles. The molecule has 1 aromatic heterocycles. The summed E-state index contributed by atoms with van der Waals surface area (Å²) in [6.07, 6.45) is 4.69. The van der Waals surface area contributed by atoms with Crippen LogP contribution in [0.4, 0.5) is 0 Å². The predicted molar refractivity (Wildman–Crippen MR) is 103 cm³/mol. The van der Waals surface area contributed by atoms with E-state index in [1.165, 1.54) is 18.4 Å². The summed E-state index contributed by atoms with van der Waals surface area (Å²) in [5.74, 6) is 0.757. The third-order valence-corrected chi connectivity index (χ3v) is 5.30. The lowest BCUT2D eigenvalue weighted by atomic mass is 9.97. The van der Waals surface area contributed by atoms with Crippen molar-refractivity contribution in [3.05, 3.63) is 52.7 Å². The molecule has 1 amide bonds. The summed E-state index contributed by atoms with van der Waals surface area (Å²) in [5, 5.41) is 0.779. The highest BCUT2D eigenvalue weighted by Gasteiger charge is 2.25. The minimum atomic E-state index is -0.0849. The van der Waals surface area contributed by atoms with E-state index in [4.69, 9.17) is 16.0 Å². The van der Waals surface area contributed by atoms with E-state index in [0.29, 0.717) is 17.4 Å². The van der Waals surface area contributed by atoms with Crippen LogP contribution in [0.5, 0.6) is 0 Å². The molecule has 2 aromatic rings. The molecular formula is C20H26ClN3O2. The van der Waals surface area contributed by atoms with Crippen molar-refractivity contribution in [3.8, 4) is 0 Å². The van der Waals surface area contributed by atoms with Crippen molar-refractivity contribution in [1.82, 2.24) is 14.8 Å². The number of piperidine rings is 1. The molecule has 0 bridgehead atoms. The highest BCUT2D eigenvalue weighted by Crippen LogP contribution is 2.19. The zero-order valence-electron chi connectivity index (χ0n) is 15.4. The monoisotopic (exact) mass is 375 g/mol. The number of benzene rings is 1. The van der Waals surface area contributed by atoms with Gasteiger partial charge in [-0.15, -0.1) is 0 Å². The van der Waals surface area contributed by atoms with Gasteiger partial charge >= 0.3 is 0 Å². The van der Waals surface area contributed by atoms with Gasteiger partial charge in [0.15, 0.2) is 6.39 Å². The summed E-state index contributed by atoms with van der Waals surface area (Å²) in [4.78, 5) is 20.8. The molecule has 6 heteroatoms. The number of rotatable bonds is 6. The van der Waals surface area contributed by atoms with Crippen molar-refractivity contribution in [3.63, 3.8) is 0 Å². The molecule has 0 aliphatic carbocycles. The topological polar surface area (TPSA) is 49.6 Å². The van der Waals surface area contributed by atoms with E-state index >= 15 is 0 Å². The number of nitrogens with zero attached hydrogens (tertiary/aromatic N) is 3. The number of aromatic nitrogens is 1. The first kappa shape index (κ1) is 18.9. The van der Waals surface area contributed by atoms with Gasteiger partial charge in [-0.2, -0.15) is 0 Å². The summed E-state index contributed by atoms with van der Waals surface area (Å²) in [6, 6.07) is 8.08. The Kier molecular flexibility index (Phi) is 6.33. The fourth-order valence-corrected chi connectivity index (χ4v) is 3.72. The quantitative estimate of drug-likeness (QED) is 0.773. The van der Waals surface area contributed by atoms with E-state index < -0.39 is 0 Å². The van der Waals surface area contributed by atoms with Gasteiger partial charge < -0.3 is 14.2 Å². The SMILES string of the molecule is Cc1ncoc1C(=O)N(C)C[C@H]1CCCN(CCc2ccc(Cl)cc2)C1. The van der Waals surface area contributed by atoms with E-state index in [2.05, 4.69) is 22.0 Å². The van der Waals surface area contributed by atoms with Crippen molar-refractivity contribution < 1.29 is 9.21 Å². The van der Waals surface area contributed by atoms with Crippen LogP contribution in [0, 0.1) is 12.8 Å². The number of carbonyl (C=O) groups excluding carboxylic acids is 1. The molecule has 0 unspecified atom stereocenters. The second-order valence-corrected chi connectivity index (χ2v) is 7.57. The molecule has 1 aromatic carbocycles. The van der Waals surface area contributed by atoms with Gasteiger partial charge in [0.05, 0.1) is 5.69 Å². The highest BCUT2D eigenvalue weighted by atomic mass is 35.5. The van der Waals surface area contributed by atoms with E-state index in [0.717, 1.165) is 44.0 Å². The second kappa shape index (κ2) is 8.69. The maximum absolute atomic E-state index is 12.5. The summed E-state index contributed by atoms with van der Waals surface area (Å²) < 4.78 is 5.23. The number of halogens is 1. The van der Waals surface area contributed by atoms with Gasteiger partial charge in [-0.25, -0.2) is 4.98 Å². The zero-order valence-corrected chi connectivity index (χ0v) is 16.2. The van der Waals surface area contributed by atoms with Gasteiger partial charge in [0, 0.05) is 31.7 Å². The van der Waals surface area contributed by atoms with Crippen LogP contribution in [0.3, 0.4) is 0 Å². The Hall–Kier alpha value is -1.85. The number of carbonyl (C=O) groups is 1. The molecule has 2 heterocycles. The standard InChI is InChI=1S/C20H26ClN3O2/c1-15-19(26-14-22-15)20(25)23(2)12-17-4-3-10-24(13-17)11-9-16-5-7-18(21)8-6-16/h5-8,14,17H,3-4,9-13H2,1-2H3/t17-/m1/s1. The van der Waals surface area contributed by atoms with Gasteiger partial charge in [0.2, 0.25) is 5.76 Å². The molecule has 0 N–H and O–H groups in total. The molecule has 3 rings (SSSR count). The molecule has 1 atom stereocenters. The van der Waals surface area contributed by atoms with Crippen LogP contribution in [0.2, 0.25) is 5.02 Å². The van der Waals surface area contributed by atoms with Gasteiger partial charge in [-0.3, -0.25) is 4.79 Å². The van der Waals surface area contributed by atoms with Gasteiger partial charge in [0.1, 0.15) is 0 Å². The van der Waals surface area contributed by atoms with Crippen LogP contribution in [0.15, 0.2) is 35.1 Å². The van der Waals surface area contributed by atoms with Crippen molar-refractivity contribution >= 4 is 17.5 Å². The molecule has 0 spiro atoms. The van der Waals surface area contributed by atoms with Crippen molar-refractivity contribution in [2.45, 2.75) is 26.2 Å². The lowest BCUT2D eigenvalue weighted by molar-refractivity contribution is 0.0699. The van der Waals surface area contributed by atoms with Crippen molar-refractivity contribution in [1.29, 1.82) is 0 Å². The first-order valence-electron chi connectivity index (χ1n) is 9.15. The predicted octanol–water partition coefficient (Wildman–Crippen LogP) is 3.66. The lowest BCUT2D eigenvalue weighted by Crippen LogP contribution is -2.42. The Bertz CT molecular complexity index is 729. The fraction of sp³-hybridized carbons (Fsp3) is 0.500. The van der Waals surface area contributed by atoms with Crippen LogP contribution < -0.4 is 0 Å². The minimum absolute atomic E-state index is 0.0849. The van der Waals surface area contributed by atoms with Crippen LogP contribution in [-0.2, 0) is 6.42 Å². The Morgan fingerprint density at radius 3 is 2.85 bits per heavy atom. The van der Waals surface area contributed by atoms with Crippen LogP contribution in [0.25, 0.3) is 0 Å². The summed E-state index contributed by atoms with van der Waals surface area (Å²) in [7, 11) is 1.84. The number of amides is 1. The van der Waals surface area contributed by atoms with Crippen LogP contribution >= 0.6 is 11.6 Å². The number of hydrogen-bond acceptors (Lipinski definition) is 4. The average Bonchev–Trinajstić information content (AvgIpc) is 3.07. The minimum Gasteiger partial charge on any atom is -0.438 e. The van der Waals surface area contributed by atoms with Gasteiger partial charge in [-0.1, -0.05) is 23.7 Å². The molecule has 0 saturated carbocycles. The number of likely N-dealkylation sites (tertiary alicyclic amines) is 1. The molecular weight excluding hydrogens is 350 g/mol. The van der Waals surface area contributed by atoms with Crippen molar-refractivity contribution in [2.75, 3.05) is 33.2 Å². The summed E-state index contributed by atoms with van der Waals surface area (Å²) in [6.45, 7) is 5.74. The first-order valence-corrected chi connectivity index (χ1v) is 9.53. The van der Waals surface area contributed by atoms with E-state index in [1.54, 1.807) is 11.8 Å². The van der Waals surface area contributed by atoms with E-state index in [-0.39, 0.29) is 5.91 Å². The van der Waals surface area contributed by atoms with E-state index in [1.807, 2.05) is 19.2 Å². The smallest absolute Gasteiger partial charge is 0.291 e. The largest absolute Gasteiger partial charge is 0.438 e. The molecule has 1 aliphatic rings. The molecule has 1 fully saturated rings. The summed E-state index contributed by atoms with van der Waals surface area (Å²) in [5.41, 5.74) is 1.96. The Morgan fingerprint density at radius 2 is 2.15 bits per heavy atom. The highest BCUT2D eigenvalue weighted by molar-refractivity contribution is 6.30. The van der Waals surface area contributed by atoms with Crippen LogP contribution in [0.1, 0.15) is 34.7 Å². The third-order valence-electron chi connectivity index (χ3n) is 5.05. The van der Waals surface area contributed by atoms with Crippen LogP contribution in [-0.4, -0.2) is 53.9 Å².